The molecular weight excluding hydrogens is 300 g/mol. The lowest BCUT2D eigenvalue weighted by molar-refractivity contribution is 0.0544. The van der Waals surface area contributed by atoms with Crippen LogP contribution in [0.3, 0.4) is 0 Å². The van der Waals surface area contributed by atoms with Crippen molar-refractivity contribution < 1.29 is 9.59 Å². The van der Waals surface area contributed by atoms with Crippen LogP contribution in [0.5, 0.6) is 0 Å². The monoisotopic (exact) mass is 318 g/mol. The summed E-state index contributed by atoms with van der Waals surface area (Å²) >= 11 is 0. The van der Waals surface area contributed by atoms with E-state index in [9.17, 15) is 9.59 Å². The molecule has 1 atom stereocenters. The van der Waals surface area contributed by atoms with Gasteiger partial charge in [0, 0.05) is 17.2 Å². The second kappa shape index (κ2) is 4.94. The number of fused-ring (bicyclic) bond motifs is 5. The van der Waals surface area contributed by atoms with E-state index in [0.717, 1.165) is 42.5 Å². The zero-order valence-electron chi connectivity index (χ0n) is 13.3. The van der Waals surface area contributed by atoms with E-state index in [4.69, 9.17) is 0 Å². The summed E-state index contributed by atoms with van der Waals surface area (Å²) in [5.41, 5.74) is 3.05. The van der Waals surface area contributed by atoms with Crippen molar-refractivity contribution in [3.63, 3.8) is 0 Å². The number of para-hydroxylation sites is 1. The van der Waals surface area contributed by atoms with Gasteiger partial charge in [0.15, 0.2) is 0 Å². The Balaban J connectivity index is 1.75. The predicted octanol–water partition coefficient (Wildman–Crippen LogP) is 3.74. The minimum atomic E-state index is -0.292. The topological polar surface area (TPSA) is 40.6 Å². The van der Waals surface area contributed by atoms with Gasteiger partial charge in [-0.1, -0.05) is 43.2 Å². The molecule has 1 fully saturated rings. The molecule has 3 aliphatic rings. The molecular formula is C20H18N2O2. The number of carbonyl (C=O) groups excluding carboxylic acids is 2. The molecule has 2 aromatic rings. The van der Waals surface area contributed by atoms with Crippen LogP contribution < -0.4 is 4.90 Å². The Morgan fingerprint density at radius 2 is 1.46 bits per heavy atom. The fourth-order valence-corrected chi connectivity index (χ4v) is 4.47. The van der Waals surface area contributed by atoms with E-state index in [1.54, 1.807) is 0 Å². The number of carbonyl (C=O) groups is 2. The number of benzene rings is 2. The van der Waals surface area contributed by atoms with E-state index in [1.165, 1.54) is 0 Å². The first-order valence-electron chi connectivity index (χ1n) is 8.61. The van der Waals surface area contributed by atoms with E-state index in [1.807, 2.05) is 58.3 Å². The van der Waals surface area contributed by atoms with Crippen LogP contribution in [0.25, 0.3) is 0 Å². The number of amides is 2. The second-order valence-corrected chi connectivity index (χ2v) is 6.80. The molecule has 2 heterocycles. The van der Waals surface area contributed by atoms with Gasteiger partial charge in [0.1, 0.15) is 6.17 Å². The molecule has 4 nitrogen and oxygen atoms in total. The van der Waals surface area contributed by atoms with Crippen LogP contribution in [-0.2, 0) is 0 Å². The summed E-state index contributed by atoms with van der Waals surface area (Å²) in [7, 11) is 0. The number of anilines is 1. The first kappa shape index (κ1) is 13.8. The molecule has 2 aliphatic heterocycles. The van der Waals surface area contributed by atoms with Crippen molar-refractivity contribution in [2.24, 2.45) is 0 Å². The van der Waals surface area contributed by atoms with Gasteiger partial charge in [-0.05, 0) is 31.0 Å². The highest BCUT2D eigenvalue weighted by atomic mass is 16.2. The molecule has 0 N–H and O–H groups in total. The predicted molar refractivity (Wildman–Crippen MR) is 90.9 cm³/mol. The molecule has 0 spiro atoms. The first-order valence-corrected chi connectivity index (χ1v) is 8.61. The quantitative estimate of drug-likeness (QED) is 0.803. The van der Waals surface area contributed by atoms with Gasteiger partial charge in [0.2, 0.25) is 0 Å². The average molecular weight is 318 g/mol. The summed E-state index contributed by atoms with van der Waals surface area (Å²) in [5, 5.41) is 0. The van der Waals surface area contributed by atoms with Crippen LogP contribution in [0.2, 0.25) is 0 Å². The lowest BCUT2D eigenvalue weighted by atomic mass is 10.0. The summed E-state index contributed by atoms with van der Waals surface area (Å²) in [5.74, 6) is 0.0572. The van der Waals surface area contributed by atoms with Crippen molar-refractivity contribution in [3.8, 4) is 0 Å². The SMILES string of the molecule is O=C1c2ccccc2C2N1c1ccccc1C(=O)N2C1CCCC1. The molecule has 0 saturated heterocycles. The van der Waals surface area contributed by atoms with Gasteiger partial charge in [0.25, 0.3) is 11.8 Å². The van der Waals surface area contributed by atoms with Gasteiger partial charge < -0.3 is 4.90 Å². The van der Waals surface area contributed by atoms with E-state index in [-0.39, 0.29) is 24.0 Å². The molecule has 1 aliphatic carbocycles. The molecule has 2 amide bonds. The molecule has 2 aromatic carbocycles. The molecule has 120 valence electrons. The average Bonchev–Trinajstić information content (AvgIpc) is 3.24. The van der Waals surface area contributed by atoms with E-state index in [0.29, 0.717) is 5.56 Å². The molecule has 5 rings (SSSR count). The molecule has 4 heteroatoms. The zero-order valence-corrected chi connectivity index (χ0v) is 13.3. The van der Waals surface area contributed by atoms with Gasteiger partial charge in [-0.15, -0.1) is 0 Å². The Labute approximate surface area is 140 Å². The highest BCUT2D eigenvalue weighted by molar-refractivity contribution is 6.16. The van der Waals surface area contributed by atoms with Crippen molar-refractivity contribution >= 4 is 17.5 Å². The number of hydrogen-bond donors (Lipinski definition) is 0. The largest absolute Gasteiger partial charge is 0.310 e. The number of rotatable bonds is 1. The molecule has 0 radical (unpaired) electrons. The van der Waals surface area contributed by atoms with Crippen LogP contribution in [0.4, 0.5) is 5.69 Å². The third-order valence-corrected chi connectivity index (χ3v) is 5.54. The molecule has 1 unspecified atom stereocenters. The van der Waals surface area contributed by atoms with Gasteiger partial charge in [-0.3, -0.25) is 14.5 Å². The van der Waals surface area contributed by atoms with Crippen LogP contribution in [0.15, 0.2) is 48.5 Å². The lowest BCUT2D eigenvalue weighted by Gasteiger charge is -2.44. The van der Waals surface area contributed by atoms with Crippen LogP contribution in [0, 0.1) is 0 Å². The fraction of sp³-hybridized carbons (Fsp3) is 0.300. The Bertz CT molecular complexity index is 854. The van der Waals surface area contributed by atoms with Crippen molar-refractivity contribution in [1.82, 2.24) is 4.90 Å². The number of hydrogen-bond acceptors (Lipinski definition) is 2. The second-order valence-electron chi connectivity index (χ2n) is 6.80. The summed E-state index contributed by atoms with van der Waals surface area (Å²) in [6, 6.07) is 15.4. The maximum absolute atomic E-state index is 13.3. The molecule has 0 aromatic heterocycles. The summed E-state index contributed by atoms with van der Waals surface area (Å²) < 4.78 is 0. The molecule has 24 heavy (non-hydrogen) atoms. The van der Waals surface area contributed by atoms with E-state index >= 15 is 0 Å². The van der Waals surface area contributed by atoms with Crippen molar-refractivity contribution in [1.29, 1.82) is 0 Å². The minimum Gasteiger partial charge on any atom is -0.310 e. The maximum Gasteiger partial charge on any atom is 0.260 e. The van der Waals surface area contributed by atoms with Crippen molar-refractivity contribution in [3.05, 3.63) is 65.2 Å². The standard InChI is InChI=1S/C20H18N2O2/c23-19-15-10-4-3-9-14(15)18-21(13-7-1-2-8-13)20(24)16-11-5-6-12-17(16)22(18)19/h3-6,9-13,18H,1-2,7-8H2. The van der Waals surface area contributed by atoms with Crippen LogP contribution in [0.1, 0.15) is 58.1 Å². The van der Waals surface area contributed by atoms with Gasteiger partial charge >= 0.3 is 0 Å². The maximum atomic E-state index is 13.3. The fourth-order valence-electron chi connectivity index (χ4n) is 4.47. The Morgan fingerprint density at radius 1 is 0.792 bits per heavy atom. The third kappa shape index (κ3) is 1.68. The van der Waals surface area contributed by atoms with Gasteiger partial charge in [-0.25, -0.2) is 0 Å². The Morgan fingerprint density at radius 3 is 2.25 bits per heavy atom. The normalized spacial score (nSPS) is 22.6. The first-order chi connectivity index (χ1) is 11.8. The summed E-state index contributed by atoms with van der Waals surface area (Å²) in [6.07, 6.45) is 4.05. The van der Waals surface area contributed by atoms with Gasteiger partial charge in [-0.2, -0.15) is 0 Å². The van der Waals surface area contributed by atoms with Crippen molar-refractivity contribution in [2.45, 2.75) is 37.9 Å². The summed E-state index contributed by atoms with van der Waals surface area (Å²) in [6.45, 7) is 0. The summed E-state index contributed by atoms with van der Waals surface area (Å²) in [4.78, 5) is 30.1. The Hall–Kier alpha value is -2.62. The molecule has 1 saturated carbocycles. The number of nitrogens with zero attached hydrogens (tertiary/aromatic N) is 2. The highest BCUT2D eigenvalue weighted by Gasteiger charge is 2.49. The molecule has 0 bridgehead atoms. The zero-order chi connectivity index (χ0) is 16.3. The van der Waals surface area contributed by atoms with Crippen molar-refractivity contribution in [2.75, 3.05) is 4.90 Å². The van der Waals surface area contributed by atoms with E-state index < -0.39 is 0 Å². The minimum absolute atomic E-state index is 0.00135. The van der Waals surface area contributed by atoms with Crippen LogP contribution in [-0.4, -0.2) is 22.8 Å². The van der Waals surface area contributed by atoms with E-state index in [2.05, 4.69) is 0 Å². The highest BCUT2D eigenvalue weighted by Crippen LogP contribution is 2.47. The lowest BCUT2D eigenvalue weighted by Crippen LogP contribution is -2.51. The van der Waals surface area contributed by atoms with Gasteiger partial charge in [0.05, 0.1) is 11.3 Å². The van der Waals surface area contributed by atoms with Crippen LogP contribution >= 0.6 is 0 Å². The Kier molecular flexibility index (Phi) is 2.84. The third-order valence-electron chi connectivity index (χ3n) is 5.54. The smallest absolute Gasteiger partial charge is 0.260 e.